The van der Waals surface area contributed by atoms with Crippen LogP contribution in [0.4, 0.5) is 0 Å². The zero-order chi connectivity index (χ0) is 31.3. The van der Waals surface area contributed by atoms with Crippen LogP contribution in [-0.2, 0) is 47.7 Å². The van der Waals surface area contributed by atoms with E-state index in [1.165, 1.54) is 27.7 Å². The molecule has 2 N–H and O–H groups in total. The molecule has 0 spiro atoms. The van der Waals surface area contributed by atoms with Crippen molar-refractivity contribution in [3.63, 3.8) is 0 Å². The number of aliphatic hydroxyl groups is 2. The first kappa shape index (κ1) is 32.2. The molecule has 0 radical (unpaired) electrons. The molecule has 4 aliphatic rings. The fourth-order valence-electron chi connectivity index (χ4n) is 9.23. The van der Waals surface area contributed by atoms with E-state index in [0.717, 1.165) is 0 Å². The molecule has 4 aliphatic carbocycles. The molecule has 0 aromatic carbocycles. The van der Waals surface area contributed by atoms with Gasteiger partial charge in [-0.2, -0.15) is 0 Å². The van der Waals surface area contributed by atoms with Crippen molar-refractivity contribution in [1.29, 1.82) is 0 Å². The number of hydrogen-bond donors (Lipinski definition) is 2. The van der Waals surface area contributed by atoms with E-state index in [4.69, 9.17) is 23.7 Å². The maximum atomic E-state index is 13.1. The first-order valence-corrected chi connectivity index (χ1v) is 14.8. The van der Waals surface area contributed by atoms with Gasteiger partial charge in [0, 0.05) is 51.9 Å². The topological polar surface area (TPSA) is 172 Å². The zero-order valence-corrected chi connectivity index (χ0v) is 25.3. The van der Waals surface area contributed by atoms with Crippen LogP contribution in [0.2, 0.25) is 0 Å². The molecule has 0 amide bonds. The Labute approximate surface area is 245 Å². The Hall–Kier alpha value is -2.73. The normalized spacial score (nSPS) is 42.2. The molecular formula is C30H44O12. The zero-order valence-electron chi connectivity index (χ0n) is 25.3. The van der Waals surface area contributed by atoms with Crippen LogP contribution in [0.3, 0.4) is 0 Å². The van der Waals surface area contributed by atoms with Crippen molar-refractivity contribution < 1.29 is 57.9 Å². The predicted molar refractivity (Wildman–Crippen MR) is 143 cm³/mol. The molecule has 10 atom stereocenters. The predicted octanol–water partition coefficient (Wildman–Crippen LogP) is 2.00. The largest absolute Gasteiger partial charge is 0.466 e. The molecule has 236 valence electrons. The fraction of sp³-hybridized carbons (Fsp3) is 0.833. The van der Waals surface area contributed by atoms with Gasteiger partial charge in [0.25, 0.3) is 0 Å². The van der Waals surface area contributed by atoms with Gasteiger partial charge in [-0.15, -0.1) is 0 Å². The van der Waals surface area contributed by atoms with Gasteiger partial charge in [-0.05, 0) is 44.9 Å². The summed E-state index contributed by atoms with van der Waals surface area (Å²) in [5.41, 5.74) is -5.72. The molecule has 42 heavy (non-hydrogen) atoms. The molecule has 0 saturated heterocycles. The third-order valence-electron chi connectivity index (χ3n) is 10.6. The number of ether oxygens (including phenoxy) is 5. The van der Waals surface area contributed by atoms with E-state index in [9.17, 15) is 34.2 Å². The molecule has 4 saturated carbocycles. The minimum absolute atomic E-state index is 0.000106. The third-order valence-corrected chi connectivity index (χ3v) is 10.6. The Morgan fingerprint density at radius 3 is 2.02 bits per heavy atom. The van der Waals surface area contributed by atoms with Gasteiger partial charge in [0.2, 0.25) is 0 Å². The van der Waals surface area contributed by atoms with Gasteiger partial charge in [0.1, 0.15) is 24.9 Å². The van der Waals surface area contributed by atoms with Crippen LogP contribution in [0.15, 0.2) is 0 Å². The second-order valence-corrected chi connectivity index (χ2v) is 12.8. The summed E-state index contributed by atoms with van der Waals surface area (Å²) in [6, 6.07) is 0. The average Bonchev–Trinajstić information content (AvgIpc) is 3.12. The van der Waals surface area contributed by atoms with Crippen molar-refractivity contribution in [3.8, 4) is 0 Å². The summed E-state index contributed by atoms with van der Waals surface area (Å²) < 4.78 is 28.3. The van der Waals surface area contributed by atoms with Gasteiger partial charge < -0.3 is 33.9 Å². The van der Waals surface area contributed by atoms with Crippen LogP contribution < -0.4 is 0 Å². The average molecular weight is 597 g/mol. The summed E-state index contributed by atoms with van der Waals surface area (Å²) in [4.78, 5) is 62.3. The maximum absolute atomic E-state index is 13.1. The van der Waals surface area contributed by atoms with Crippen molar-refractivity contribution in [3.05, 3.63) is 0 Å². The van der Waals surface area contributed by atoms with E-state index in [1.54, 1.807) is 6.92 Å². The minimum Gasteiger partial charge on any atom is -0.466 e. The van der Waals surface area contributed by atoms with Crippen LogP contribution in [0.25, 0.3) is 0 Å². The van der Waals surface area contributed by atoms with Crippen molar-refractivity contribution in [1.82, 2.24) is 0 Å². The highest BCUT2D eigenvalue weighted by Crippen LogP contribution is 2.71. The number of fused-ring (bicyclic) bond motifs is 5. The summed E-state index contributed by atoms with van der Waals surface area (Å²) in [5.74, 6) is -5.05. The lowest BCUT2D eigenvalue weighted by molar-refractivity contribution is -0.320. The molecule has 12 nitrogen and oxygen atoms in total. The molecular weight excluding hydrogens is 552 g/mol. The van der Waals surface area contributed by atoms with Crippen LogP contribution in [0, 0.1) is 28.6 Å². The lowest BCUT2D eigenvalue weighted by Gasteiger charge is -2.68. The van der Waals surface area contributed by atoms with Crippen molar-refractivity contribution in [2.24, 2.45) is 28.6 Å². The lowest BCUT2D eigenvalue weighted by atomic mass is 9.40. The smallest absolute Gasteiger partial charge is 0.309 e. The molecule has 0 bridgehead atoms. The first-order valence-electron chi connectivity index (χ1n) is 14.8. The van der Waals surface area contributed by atoms with Crippen LogP contribution in [0.5, 0.6) is 0 Å². The summed E-state index contributed by atoms with van der Waals surface area (Å²) in [6.45, 7) is 8.24. The van der Waals surface area contributed by atoms with Gasteiger partial charge in [-0.25, -0.2) is 0 Å². The summed E-state index contributed by atoms with van der Waals surface area (Å²) in [5, 5.41) is 25.1. The van der Waals surface area contributed by atoms with Gasteiger partial charge >= 0.3 is 29.8 Å². The first-order chi connectivity index (χ1) is 19.5. The Balaban J connectivity index is 1.92. The summed E-state index contributed by atoms with van der Waals surface area (Å²) >= 11 is 0. The van der Waals surface area contributed by atoms with E-state index < -0.39 is 94.6 Å². The number of carbonyl (C=O) groups is 5. The number of hydrogen-bond acceptors (Lipinski definition) is 12. The minimum atomic E-state index is -1.70. The van der Waals surface area contributed by atoms with E-state index >= 15 is 0 Å². The molecule has 0 unspecified atom stereocenters. The van der Waals surface area contributed by atoms with E-state index in [2.05, 4.69) is 0 Å². The molecule has 12 heteroatoms. The second-order valence-electron chi connectivity index (χ2n) is 12.8. The number of carbonyl (C=O) groups excluding carboxylic acids is 5. The molecule has 0 aromatic heterocycles. The van der Waals surface area contributed by atoms with Crippen LogP contribution >= 0.6 is 0 Å². The van der Waals surface area contributed by atoms with Gasteiger partial charge in [0.15, 0.2) is 0 Å². The summed E-state index contributed by atoms with van der Waals surface area (Å²) in [7, 11) is 0. The number of rotatable bonds is 7. The van der Waals surface area contributed by atoms with Crippen molar-refractivity contribution in [2.75, 3.05) is 13.2 Å². The van der Waals surface area contributed by atoms with Crippen molar-refractivity contribution in [2.45, 2.75) is 116 Å². The van der Waals surface area contributed by atoms with Gasteiger partial charge in [-0.3, -0.25) is 24.0 Å². The fourth-order valence-corrected chi connectivity index (χ4v) is 9.23. The van der Waals surface area contributed by atoms with Crippen LogP contribution in [-0.4, -0.2) is 82.8 Å². The molecule has 4 fully saturated rings. The molecule has 0 aromatic rings. The highest BCUT2D eigenvalue weighted by molar-refractivity contribution is 5.74. The number of esters is 5. The molecule has 0 aliphatic heterocycles. The Kier molecular flexibility index (Phi) is 8.74. The standard InChI is InChI=1S/C30H44O12/c1-7-38-26(35)22-9-11-30(37)21-8-10-28(36)13-20(40-17(3)32)12-24(42-19(5)34)29(28,15-39-16(2)31)25(21)23(41-18(4)33)14-27(22,30)6/h20-25,36-37H,7-15H2,1-6H3/t20-,21+,22+,23+,24-,25+,27+,28-,29+,30+/m0/s1. The highest BCUT2D eigenvalue weighted by Gasteiger charge is 2.77. The van der Waals surface area contributed by atoms with Crippen molar-refractivity contribution >= 4 is 29.8 Å². The highest BCUT2D eigenvalue weighted by atomic mass is 16.6. The van der Waals surface area contributed by atoms with Gasteiger partial charge in [0.05, 0.1) is 29.1 Å². The Bertz CT molecular complexity index is 1120. The Morgan fingerprint density at radius 1 is 0.810 bits per heavy atom. The summed E-state index contributed by atoms with van der Waals surface area (Å²) in [6.07, 6.45) is -1.89. The van der Waals surface area contributed by atoms with Crippen LogP contribution in [0.1, 0.15) is 86.5 Å². The second kappa shape index (κ2) is 11.4. The SMILES string of the molecule is CCOC(=O)[C@H]1CC[C@@]2(O)[C@@H]3CC[C@]4(O)C[C@@H](OC(C)=O)C[C@H](OC(C)=O)[C@]4(COC(C)=O)[C@H]3[C@H](OC(C)=O)C[C@]12C. The third kappa shape index (κ3) is 5.08. The maximum Gasteiger partial charge on any atom is 0.309 e. The van der Waals surface area contributed by atoms with E-state index in [0.29, 0.717) is 6.42 Å². The molecule has 0 heterocycles. The van der Waals surface area contributed by atoms with E-state index in [1.807, 2.05) is 6.92 Å². The van der Waals surface area contributed by atoms with E-state index in [-0.39, 0.29) is 45.1 Å². The molecule has 4 rings (SSSR count). The van der Waals surface area contributed by atoms with Gasteiger partial charge in [-0.1, -0.05) is 6.92 Å². The monoisotopic (exact) mass is 596 g/mol. The quantitative estimate of drug-likeness (QED) is 0.324. The lowest BCUT2D eigenvalue weighted by Crippen LogP contribution is -2.76. The Morgan fingerprint density at radius 2 is 1.45 bits per heavy atom.